The molecule has 0 heterocycles. The summed E-state index contributed by atoms with van der Waals surface area (Å²) in [6.45, 7) is 2.27. The Morgan fingerprint density at radius 2 is 1.56 bits per heavy atom. The largest absolute Gasteiger partial charge is 0.0839 e. The predicted molar refractivity (Wildman–Crippen MR) is 76.1 cm³/mol. The van der Waals surface area contributed by atoms with Gasteiger partial charge in [0.15, 0.2) is 0 Å². The van der Waals surface area contributed by atoms with Gasteiger partial charge in [0.1, 0.15) is 0 Å². The fourth-order valence-electron chi connectivity index (χ4n) is 1.93. The summed E-state index contributed by atoms with van der Waals surface area (Å²) in [4.78, 5) is 0.542. The van der Waals surface area contributed by atoms with Crippen LogP contribution < -0.4 is 0 Å². The van der Waals surface area contributed by atoms with Crippen molar-refractivity contribution < 1.29 is 0 Å². The van der Waals surface area contributed by atoms with E-state index in [0.717, 1.165) is 0 Å². The van der Waals surface area contributed by atoms with E-state index in [9.17, 15) is 0 Å². The van der Waals surface area contributed by atoms with Crippen molar-refractivity contribution in [3.05, 3.63) is 35.9 Å². The maximum absolute atomic E-state index is 3.77. The third kappa shape index (κ3) is 5.69. The number of alkyl halides is 1. The summed E-state index contributed by atoms with van der Waals surface area (Å²) >= 11 is 3.77. The van der Waals surface area contributed by atoms with Gasteiger partial charge < -0.3 is 0 Å². The van der Waals surface area contributed by atoms with E-state index in [1.54, 1.807) is 0 Å². The normalized spacial score (nSPS) is 12.6. The van der Waals surface area contributed by atoms with Gasteiger partial charge in [0.2, 0.25) is 0 Å². The lowest BCUT2D eigenvalue weighted by atomic mass is 10.0. The van der Waals surface area contributed by atoms with Crippen molar-refractivity contribution in [1.82, 2.24) is 0 Å². The average molecular weight is 283 g/mol. The van der Waals surface area contributed by atoms with Gasteiger partial charge >= 0.3 is 0 Å². The Hall–Kier alpha value is -0.300. The first-order chi connectivity index (χ1) is 7.84. The Morgan fingerprint density at radius 1 is 0.938 bits per heavy atom. The van der Waals surface area contributed by atoms with Crippen molar-refractivity contribution in [2.75, 3.05) is 0 Å². The van der Waals surface area contributed by atoms with Gasteiger partial charge in [0.25, 0.3) is 0 Å². The van der Waals surface area contributed by atoms with Crippen LogP contribution in [0.2, 0.25) is 0 Å². The van der Waals surface area contributed by atoms with E-state index < -0.39 is 0 Å². The summed E-state index contributed by atoms with van der Waals surface area (Å²) in [5.74, 6) is 0. The predicted octanol–water partition coefficient (Wildman–Crippen LogP) is 5.87. The SMILES string of the molecule is CCCCCCCCC(Br)c1ccccc1. The van der Waals surface area contributed by atoms with Crippen LogP contribution in [0.5, 0.6) is 0 Å². The highest BCUT2D eigenvalue weighted by Crippen LogP contribution is 2.28. The molecule has 0 saturated carbocycles. The van der Waals surface area contributed by atoms with Crippen molar-refractivity contribution in [2.24, 2.45) is 0 Å². The standard InChI is InChI=1S/C15H23Br/c1-2-3-4-5-6-10-13-15(16)14-11-8-7-9-12-14/h7-9,11-12,15H,2-6,10,13H2,1H3. The van der Waals surface area contributed by atoms with Crippen LogP contribution in [0.3, 0.4) is 0 Å². The van der Waals surface area contributed by atoms with Crippen LogP contribution in [-0.2, 0) is 0 Å². The van der Waals surface area contributed by atoms with Gasteiger partial charge in [-0.1, -0.05) is 91.7 Å². The Labute approximate surface area is 109 Å². The minimum Gasteiger partial charge on any atom is -0.0839 e. The van der Waals surface area contributed by atoms with Crippen molar-refractivity contribution in [1.29, 1.82) is 0 Å². The fourth-order valence-corrected chi connectivity index (χ4v) is 2.56. The fraction of sp³-hybridized carbons (Fsp3) is 0.600. The monoisotopic (exact) mass is 282 g/mol. The second-order valence-electron chi connectivity index (χ2n) is 4.43. The molecule has 1 aromatic carbocycles. The molecule has 0 spiro atoms. The van der Waals surface area contributed by atoms with Gasteiger partial charge in [-0.05, 0) is 12.0 Å². The van der Waals surface area contributed by atoms with Gasteiger partial charge in [0.05, 0.1) is 0 Å². The minimum atomic E-state index is 0.542. The molecule has 0 fully saturated rings. The first kappa shape index (κ1) is 13.8. The molecule has 0 aliphatic carbocycles. The number of unbranched alkanes of at least 4 members (excludes halogenated alkanes) is 5. The molecule has 1 rings (SSSR count). The molecule has 16 heavy (non-hydrogen) atoms. The maximum atomic E-state index is 3.77. The van der Waals surface area contributed by atoms with E-state index in [1.807, 2.05) is 0 Å². The highest BCUT2D eigenvalue weighted by atomic mass is 79.9. The quantitative estimate of drug-likeness (QED) is 0.413. The van der Waals surface area contributed by atoms with Crippen LogP contribution in [-0.4, -0.2) is 0 Å². The number of benzene rings is 1. The molecule has 1 unspecified atom stereocenters. The van der Waals surface area contributed by atoms with E-state index in [-0.39, 0.29) is 0 Å². The molecule has 0 amide bonds. The van der Waals surface area contributed by atoms with Crippen LogP contribution in [0.25, 0.3) is 0 Å². The molecule has 0 nitrogen and oxygen atoms in total. The van der Waals surface area contributed by atoms with Gasteiger partial charge in [-0.2, -0.15) is 0 Å². The van der Waals surface area contributed by atoms with Crippen molar-refractivity contribution in [2.45, 2.75) is 56.7 Å². The number of halogens is 1. The van der Waals surface area contributed by atoms with E-state index in [1.165, 1.54) is 50.5 Å². The number of rotatable bonds is 8. The number of hydrogen-bond donors (Lipinski definition) is 0. The van der Waals surface area contributed by atoms with E-state index in [2.05, 4.69) is 53.2 Å². The van der Waals surface area contributed by atoms with Crippen molar-refractivity contribution in [3.8, 4) is 0 Å². The first-order valence-corrected chi connectivity index (χ1v) is 7.45. The zero-order valence-electron chi connectivity index (χ0n) is 10.3. The van der Waals surface area contributed by atoms with E-state index in [0.29, 0.717) is 4.83 Å². The first-order valence-electron chi connectivity index (χ1n) is 6.53. The van der Waals surface area contributed by atoms with Gasteiger partial charge in [-0.3, -0.25) is 0 Å². The Balaban J connectivity index is 2.09. The summed E-state index contributed by atoms with van der Waals surface area (Å²) in [5, 5.41) is 0. The average Bonchev–Trinajstić information content (AvgIpc) is 2.34. The number of hydrogen-bond acceptors (Lipinski definition) is 0. The van der Waals surface area contributed by atoms with Crippen molar-refractivity contribution in [3.63, 3.8) is 0 Å². The summed E-state index contributed by atoms with van der Waals surface area (Å²) in [5.41, 5.74) is 1.41. The molecule has 0 aliphatic heterocycles. The van der Waals surface area contributed by atoms with Crippen LogP contribution >= 0.6 is 15.9 Å². The third-order valence-electron chi connectivity index (χ3n) is 2.97. The second-order valence-corrected chi connectivity index (χ2v) is 5.54. The van der Waals surface area contributed by atoms with Crippen LogP contribution in [0, 0.1) is 0 Å². The highest BCUT2D eigenvalue weighted by Gasteiger charge is 2.05. The zero-order valence-corrected chi connectivity index (χ0v) is 11.9. The minimum absolute atomic E-state index is 0.542. The Kier molecular flexibility index (Phi) is 7.58. The summed E-state index contributed by atoms with van der Waals surface area (Å²) in [6.07, 6.45) is 9.54. The maximum Gasteiger partial charge on any atom is 0.0395 e. The molecule has 0 aromatic heterocycles. The molecule has 0 radical (unpaired) electrons. The smallest absolute Gasteiger partial charge is 0.0395 e. The molecule has 0 saturated heterocycles. The molecule has 0 aliphatic rings. The molecule has 90 valence electrons. The lowest BCUT2D eigenvalue weighted by Gasteiger charge is -2.09. The summed E-state index contributed by atoms with van der Waals surface area (Å²) in [7, 11) is 0. The summed E-state index contributed by atoms with van der Waals surface area (Å²) < 4.78 is 0. The topological polar surface area (TPSA) is 0 Å². The van der Waals surface area contributed by atoms with Crippen LogP contribution in [0.4, 0.5) is 0 Å². The lowest BCUT2D eigenvalue weighted by molar-refractivity contribution is 0.588. The van der Waals surface area contributed by atoms with Gasteiger partial charge in [0, 0.05) is 4.83 Å². The van der Waals surface area contributed by atoms with Crippen molar-refractivity contribution >= 4 is 15.9 Å². The Morgan fingerprint density at radius 3 is 2.25 bits per heavy atom. The third-order valence-corrected chi connectivity index (χ3v) is 3.96. The molecule has 0 N–H and O–H groups in total. The molecule has 1 heteroatoms. The van der Waals surface area contributed by atoms with Crippen LogP contribution in [0.15, 0.2) is 30.3 Å². The van der Waals surface area contributed by atoms with Gasteiger partial charge in [-0.25, -0.2) is 0 Å². The molecular formula is C15H23Br. The Bertz CT molecular complexity index is 255. The van der Waals surface area contributed by atoms with Gasteiger partial charge in [-0.15, -0.1) is 0 Å². The summed E-state index contributed by atoms with van der Waals surface area (Å²) in [6, 6.07) is 10.7. The van der Waals surface area contributed by atoms with E-state index in [4.69, 9.17) is 0 Å². The van der Waals surface area contributed by atoms with E-state index >= 15 is 0 Å². The highest BCUT2D eigenvalue weighted by molar-refractivity contribution is 9.09. The molecule has 0 bridgehead atoms. The second kappa shape index (κ2) is 8.81. The van der Waals surface area contributed by atoms with Crippen LogP contribution in [0.1, 0.15) is 62.3 Å². The zero-order chi connectivity index (χ0) is 11.6. The lowest BCUT2D eigenvalue weighted by Crippen LogP contribution is -1.89. The molecule has 1 atom stereocenters. The molecule has 1 aromatic rings. The molecular weight excluding hydrogens is 260 g/mol.